The molecule has 0 aromatic carbocycles. The van der Waals surface area contributed by atoms with Crippen LogP contribution in [0.25, 0.3) is 0 Å². The number of amides is 1. The third kappa shape index (κ3) is 5.58. The molecule has 0 spiro atoms. The lowest BCUT2D eigenvalue weighted by Gasteiger charge is -2.24. The van der Waals surface area contributed by atoms with E-state index in [-0.39, 0.29) is 5.92 Å². The molecule has 16 heavy (non-hydrogen) atoms. The van der Waals surface area contributed by atoms with Crippen molar-refractivity contribution in [3.8, 4) is 0 Å². The summed E-state index contributed by atoms with van der Waals surface area (Å²) >= 11 is 0. The highest BCUT2D eigenvalue weighted by molar-refractivity contribution is 5.80. The third-order valence-electron chi connectivity index (χ3n) is 2.15. The summed E-state index contributed by atoms with van der Waals surface area (Å²) in [5.74, 6) is -1.18. The molecule has 0 aliphatic carbocycles. The molecule has 5 nitrogen and oxygen atoms in total. The van der Waals surface area contributed by atoms with E-state index in [4.69, 9.17) is 9.84 Å². The van der Waals surface area contributed by atoms with Crippen LogP contribution in [0.2, 0.25) is 0 Å². The van der Waals surface area contributed by atoms with Gasteiger partial charge in [0.15, 0.2) is 0 Å². The zero-order valence-electron chi connectivity index (χ0n) is 10.5. The second-order valence-corrected chi connectivity index (χ2v) is 4.85. The summed E-state index contributed by atoms with van der Waals surface area (Å²) in [4.78, 5) is 22.3. The van der Waals surface area contributed by atoms with Gasteiger partial charge < -0.3 is 15.2 Å². The van der Waals surface area contributed by atoms with E-state index in [9.17, 15) is 9.59 Å². The Morgan fingerprint density at radius 1 is 1.38 bits per heavy atom. The number of carboxylic acids is 1. The van der Waals surface area contributed by atoms with Gasteiger partial charge in [-0.15, -0.1) is 0 Å². The maximum atomic E-state index is 11.4. The topological polar surface area (TPSA) is 75.6 Å². The van der Waals surface area contributed by atoms with E-state index in [1.165, 1.54) is 0 Å². The average molecular weight is 231 g/mol. The largest absolute Gasteiger partial charge is 0.480 e. The third-order valence-corrected chi connectivity index (χ3v) is 2.15. The van der Waals surface area contributed by atoms with E-state index in [1.807, 2.05) is 6.92 Å². The quantitative estimate of drug-likeness (QED) is 0.776. The van der Waals surface area contributed by atoms with Crippen molar-refractivity contribution in [2.24, 2.45) is 5.92 Å². The molecule has 0 aliphatic rings. The van der Waals surface area contributed by atoms with E-state index in [0.29, 0.717) is 6.42 Å². The molecule has 1 unspecified atom stereocenters. The normalized spacial score (nSPS) is 15.1. The van der Waals surface area contributed by atoms with Gasteiger partial charge in [0.05, 0.1) is 0 Å². The summed E-state index contributed by atoms with van der Waals surface area (Å²) < 4.78 is 5.00. The second kappa shape index (κ2) is 5.72. The van der Waals surface area contributed by atoms with Gasteiger partial charge in [0.2, 0.25) is 0 Å². The predicted molar refractivity (Wildman–Crippen MR) is 60.2 cm³/mol. The molecule has 5 heteroatoms. The molecule has 0 bridgehead atoms. The number of nitrogens with one attached hydrogen (secondary N) is 1. The van der Waals surface area contributed by atoms with Crippen molar-refractivity contribution in [2.45, 2.75) is 52.7 Å². The lowest BCUT2D eigenvalue weighted by Crippen LogP contribution is -2.46. The molecule has 0 fully saturated rings. The summed E-state index contributed by atoms with van der Waals surface area (Å²) in [5, 5.41) is 11.3. The summed E-state index contributed by atoms with van der Waals surface area (Å²) in [5.41, 5.74) is -0.622. The molecule has 1 amide bonds. The Morgan fingerprint density at radius 2 is 1.88 bits per heavy atom. The Morgan fingerprint density at radius 3 is 2.19 bits per heavy atom. The van der Waals surface area contributed by atoms with Crippen molar-refractivity contribution in [1.29, 1.82) is 0 Å². The minimum Gasteiger partial charge on any atom is -0.480 e. The number of carboxylic acid groups (broad SMARTS) is 1. The monoisotopic (exact) mass is 231 g/mol. The first-order valence-electron chi connectivity index (χ1n) is 5.39. The van der Waals surface area contributed by atoms with Crippen LogP contribution in [0, 0.1) is 5.92 Å². The van der Waals surface area contributed by atoms with Crippen LogP contribution < -0.4 is 5.32 Å². The van der Waals surface area contributed by atoms with Crippen molar-refractivity contribution < 1.29 is 19.4 Å². The molecule has 0 saturated heterocycles. The van der Waals surface area contributed by atoms with Gasteiger partial charge in [0.1, 0.15) is 11.6 Å². The van der Waals surface area contributed by atoms with Gasteiger partial charge in [-0.2, -0.15) is 0 Å². The van der Waals surface area contributed by atoms with Crippen LogP contribution >= 0.6 is 0 Å². The van der Waals surface area contributed by atoms with Gasteiger partial charge in [-0.05, 0) is 26.7 Å². The molecule has 94 valence electrons. The fourth-order valence-electron chi connectivity index (χ4n) is 1.12. The van der Waals surface area contributed by atoms with E-state index in [1.54, 1.807) is 27.7 Å². The van der Waals surface area contributed by atoms with Crippen LogP contribution in [0.15, 0.2) is 0 Å². The highest BCUT2D eigenvalue weighted by atomic mass is 16.6. The molecular weight excluding hydrogens is 210 g/mol. The molecule has 0 radical (unpaired) electrons. The SMILES string of the molecule is CCC(C)[C@H](NC(=O)OC(C)(C)C)C(=O)O. The second-order valence-electron chi connectivity index (χ2n) is 4.85. The maximum Gasteiger partial charge on any atom is 0.408 e. The first kappa shape index (κ1) is 14.7. The highest BCUT2D eigenvalue weighted by Gasteiger charge is 2.27. The molecule has 0 rings (SSSR count). The van der Waals surface area contributed by atoms with Crippen LogP contribution in [0.3, 0.4) is 0 Å². The minimum atomic E-state index is -1.04. The Kier molecular flexibility index (Phi) is 5.27. The van der Waals surface area contributed by atoms with Crippen molar-refractivity contribution >= 4 is 12.1 Å². The van der Waals surface area contributed by atoms with Gasteiger partial charge in [-0.25, -0.2) is 9.59 Å². The maximum absolute atomic E-state index is 11.4. The number of carbonyl (C=O) groups is 2. The Labute approximate surface area is 96.2 Å². The highest BCUT2D eigenvalue weighted by Crippen LogP contribution is 2.11. The number of hydrogen-bond donors (Lipinski definition) is 2. The van der Waals surface area contributed by atoms with Crippen molar-refractivity contribution in [3.63, 3.8) is 0 Å². The molecule has 0 aromatic heterocycles. The van der Waals surface area contributed by atoms with Crippen molar-refractivity contribution in [1.82, 2.24) is 5.32 Å². The zero-order chi connectivity index (χ0) is 12.9. The molecule has 2 N–H and O–H groups in total. The van der Waals surface area contributed by atoms with Gasteiger partial charge in [-0.3, -0.25) is 0 Å². The van der Waals surface area contributed by atoms with E-state index < -0.39 is 23.7 Å². The zero-order valence-corrected chi connectivity index (χ0v) is 10.5. The lowest BCUT2D eigenvalue weighted by molar-refractivity contribution is -0.140. The van der Waals surface area contributed by atoms with Crippen LogP contribution in [-0.4, -0.2) is 28.8 Å². The van der Waals surface area contributed by atoms with Crippen molar-refractivity contribution in [3.05, 3.63) is 0 Å². The Balaban J connectivity index is 4.42. The molecule has 0 heterocycles. The number of aliphatic carboxylic acids is 1. The van der Waals surface area contributed by atoms with Crippen LogP contribution in [-0.2, 0) is 9.53 Å². The van der Waals surface area contributed by atoms with Crippen molar-refractivity contribution in [2.75, 3.05) is 0 Å². The van der Waals surface area contributed by atoms with E-state index >= 15 is 0 Å². The summed E-state index contributed by atoms with van der Waals surface area (Å²) in [6, 6.07) is -0.903. The number of rotatable bonds is 4. The van der Waals surface area contributed by atoms with Gasteiger partial charge in [0.25, 0.3) is 0 Å². The Hall–Kier alpha value is -1.26. The van der Waals surface area contributed by atoms with E-state index in [2.05, 4.69) is 5.32 Å². The smallest absolute Gasteiger partial charge is 0.408 e. The first-order chi connectivity index (χ1) is 7.17. The van der Waals surface area contributed by atoms with Crippen LogP contribution in [0.1, 0.15) is 41.0 Å². The van der Waals surface area contributed by atoms with Gasteiger partial charge in [-0.1, -0.05) is 20.3 Å². The Bertz CT molecular complexity index is 257. The molecule has 0 saturated carbocycles. The van der Waals surface area contributed by atoms with Gasteiger partial charge >= 0.3 is 12.1 Å². The first-order valence-corrected chi connectivity index (χ1v) is 5.39. The van der Waals surface area contributed by atoms with Gasteiger partial charge in [0, 0.05) is 0 Å². The fraction of sp³-hybridized carbons (Fsp3) is 0.818. The number of ether oxygens (including phenoxy) is 1. The fourth-order valence-corrected chi connectivity index (χ4v) is 1.12. The summed E-state index contributed by atoms with van der Waals surface area (Å²) in [6.07, 6.45) is -0.0209. The predicted octanol–water partition coefficient (Wildman–Crippen LogP) is 2.01. The van der Waals surface area contributed by atoms with E-state index in [0.717, 1.165) is 0 Å². The molecule has 2 atom stereocenters. The number of hydrogen-bond acceptors (Lipinski definition) is 3. The van der Waals surface area contributed by atoms with Crippen LogP contribution in [0.4, 0.5) is 4.79 Å². The molecule has 0 aliphatic heterocycles. The van der Waals surface area contributed by atoms with Crippen LogP contribution in [0.5, 0.6) is 0 Å². The lowest BCUT2D eigenvalue weighted by atomic mass is 10.00. The standard InChI is InChI=1S/C11H21NO4/c1-6-7(2)8(9(13)14)12-10(15)16-11(3,4)5/h7-8H,6H2,1-5H3,(H,12,15)(H,13,14)/t7?,8-/m0/s1. The number of carbonyl (C=O) groups excluding carboxylic acids is 1. The summed E-state index contributed by atoms with van der Waals surface area (Å²) in [6.45, 7) is 8.83. The number of alkyl carbamates (subject to hydrolysis) is 1. The summed E-state index contributed by atoms with van der Waals surface area (Å²) in [7, 11) is 0. The average Bonchev–Trinajstić information content (AvgIpc) is 2.09. The molecular formula is C11H21NO4. The molecule has 0 aromatic rings. The minimum absolute atomic E-state index is 0.134.